The number of hydrogen-bond acceptors (Lipinski definition) is 5. The molecule has 0 spiro atoms. The average Bonchev–Trinajstić information content (AvgIpc) is 2.74. The number of amides is 1. The zero-order valence-electron chi connectivity index (χ0n) is 16.7. The molecule has 3 rings (SSSR count). The molecule has 0 aliphatic carbocycles. The number of anilines is 1. The molecule has 1 aliphatic rings. The molecule has 0 atom stereocenters. The quantitative estimate of drug-likeness (QED) is 0.747. The summed E-state index contributed by atoms with van der Waals surface area (Å²) in [7, 11) is -3.64. The van der Waals surface area contributed by atoms with Gasteiger partial charge in [0.05, 0.1) is 18.1 Å². The van der Waals surface area contributed by atoms with Gasteiger partial charge in [0.1, 0.15) is 5.75 Å². The van der Waals surface area contributed by atoms with E-state index in [0.29, 0.717) is 43.3 Å². The predicted octanol–water partition coefficient (Wildman–Crippen LogP) is 2.60. The highest BCUT2D eigenvalue weighted by Crippen LogP contribution is 2.24. The molecule has 0 unspecified atom stereocenters. The number of hydrogen-bond donors (Lipinski definition) is 1. The highest BCUT2D eigenvalue weighted by Gasteiger charge is 2.28. The summed E-state index contributed by atoms with van der Waals surface area (Å²) >= 11 is 0. The first kappa shape index (κ1) is 21.3. The third-order valence-electron chi connectivity index (χ3n) is 4.74. The van der Waals surface area contributed by atoms with Crippen molar-refractivity contribution in [1.29, 1.82) is 0 Å². The van der Waals surface area contributed by atoms with Crippen LogP contribution in [0.1, 0.15) is 18.1 Å². The number of carbonyl (C=O) groups excluding carboxylic acids is 1. The van der Waals surface area contributed by atoms with Gasteiger partial charge >= 0.3 is 0 Å². The van der Waals surface area contributed by atoms with Crippen LogP contribution in [0.15, 0.2) is 47.4 Å². The number of nitrogens with zero attached hydrogens (tertiary/aromatic N) is 1. The fourth-order valence-electron chi connectivity index (χ4n) is 3.08. The normalized spacial score (nSPS) is 15.1. The molecule has 1 N–H and O–H groups in total. The molecule has 0 radical (unpaired) electrons. The van der Waals surface area contributed by atoms with Crippen LogP contribution in [-0.4, -0.2) is 51.5 Å². The van der Waals surface area contributed by atoms with E-state index in [0.717, 1.165) is 12.0 Å². The fraction of sp³-hybridized carbons (Fsp3) is 0.381. The van der Waals surface area contributed by atoms with E-state index in [1.54, 1.807) is 25.1 Å². The number of carbonyl (C=O) groups is 1. The first-order chi connectivity index (χ1) is 13.9. The molecule has 1 aliphatic heterocycles. The molecule has 2 aromatic rings. The van der Waals surface area contributed by atoms with E-state index in [1.807, 2.05) is 25.1 Å². The number of ether oxygens (including phenoxy) is 2. The van der Waals surface area contributed by atoms with Crippen LogP contribution in [0.2, 0.25) is 0 Å². The second-order valence-electron chi connectivity index (χ2n) is 6.83. The van der Waals surface area contributed by atoms with Crippen molar-refractivity contribution in [1.82, 2.24) is 4.31 Å². The van der Waals surface area contributed by atoms with E-state index in [-0.39, 0.29) is 17.4 Å². The van der Waals surface area contributed by atoms with Gasteiger partial charge in [-0.2, -0.15) is 4.31 Å². The van der Waals surface area contributed by atoms with Crippen molar-refractivity contribution < 1.29 is 22.7 Å². The van der Waals surface area contributed by atoms with Crippen LogP contribution in [0.3, 0.4) is 0 Å². The van der Waals surface area contributed by atoms with E-state index < -0.39 is 10.0 Å². The summed E-state index contributed by atoms with van der Waals surface area (Å²) in [5, 5.41) is 2.71. The summed E-state index contributed by atoms with van der Waals surface area (Å²) in [5.41, 5.74) is 2.17. The number of morpholine rings is 1. The van der Waals surface area contributed by atoms with E-state index in [9.17, 15) is 13.2 Å². The maximum absolute atomic E-state index is 13.0. The Balaban J connectivity index is 1.68. The molecule has 8 heteroatoms. The van der Waals surface area contributed by atoms with E-state index >= 15 is 0 Å². The van der Waals surface area contributed by atoms with E-state index in [4.69, 9.17) is 9.47 Å². The van der Waals surface area contributed by atoms with Crippen LogP contribution in [0.4, 0.5) is 5.69 Å². The minimum absolute atomic E-state index is 0.160. The summed E-state index contributed by atoms with van der Waals surface area (Å²) < 4.78 is 38.1. The van der Waals surface area contributed by atoms with Crippen molar-refractivity contribution in [3.05, 3.63) is 53.6 Å². The monoisotopic (exact) mass is 418 g/mol. The van der Waals surface area contributed by atoms with Crippen molar-refractivity contribution in [3.63, 3.8) is 0 Å². The van der Waals surface area contributed by atoms with Crippen molar-refractivity contribution in [2.45, 2.75) is 25.2 Å². The number of nitrogens with one attached hydrogen (secondary N) is 1. The molecule has 1 fully saturated rings. The number of sulfonamides is 1. The van der Waals surface area contributed by atoms with Crippen LogP contribution < -0.4 is 10.1 Å². The van der Waals surface area contributed by atoms with E-state index in [1.165, 1.54) is 10.4 Å². The second-order valence-corrected chi connectivity index (χ2v) is 8.74. The van der Waals surface area contributed by atoms with Crippen LogP contribution in [-0.2, 0) is 26.0 Å². The van der Waals surface area contributed by atoms with E-state index in [2.05, 4.69) is 5.32 Å². The second kappa shape index (κ2) is 9.39. The summed E-state index contributed by atoms with van der Waals surface area (Å²) in [4.78, 5) is 12.5. The van der Waals surface area contributed by atoms with Crippen LogP contribution in [0, 0.1) is 6.92 Å². The first-order valence-corrected chi connectivity index (χ1v) is 11.0. The molecule has 1 heterocycles. The van der Waals surface area contributed by atoms with Gasteiger partial charge in [-0.05, 0) is 48.7 Å². The van der Waals surface area contributed by atoms with Crippen LogP contribution in [0.5, 0.6) is 5.75 Å². The third-order valence-corrected chi connectivity index (χ3v) is 6.78. The van der Waals surface area contributed by atoms with Gasteiger partial charge in [0.25, 0.3) is 5.91 Å². The Morgan fingerprint density at radius 3 is 2.66 bits per heavy atom. The third kappa shape index (κ3) is 5.35. The first-order valence-electron chi connectivity index (χ1n) is 9.60. The Morgan fingerprint density at radius 1 is 1.17 bits per heavy atom. The molecule has 0 bridgehead atoms. The average molecular weight is 419 g/mol. The van der Waals surface area contributed by atoms with Gasteiger partial charge in [-0.25, -0.2) is 8.42 Å². The maximum Gasteiger partial charge on any atom is 0.262 e. The minimum atomic E-state index is -3.64. The molecular weight excluding hydrogens is 392 g/mol. The molecule has 29 heavy (non-hydrogen) atoms. The van der Waals surface area contributed by atoms with Crippen molar-refractivity contribution in [2.75, 3.05) is 38.2 Å². The van der Waals surface area contributed by atoms with Crippen molar-refractivity contribution in [2.24, 2.45) is 0 Å². The van der Waals surface area contributed by atoms with Crippen molar-refractivity contribution >= 4 is 21.6 Å². The fourth-order valence-corrected chi connectivity index (χ4v) is 4.74. The number of benzene rings is 2. The Morgan fingerprint density at radius 2 is 1.93 bits per heavy atom. The molecule has 156 valence electrons. The highest BCUT2D eigenvalue weighted by atomic mass is 32.2. The molecule has 1 saturated heterocycles. The van der Waals surface area contributed by atoms with Gasteiger partial charge in [0.2, 0.25) is 10.0 Å². The zero-order chi connectivity index (χ0) is 20.9. The Kier molecular flexibility index (Phi) is 6.89. The Hall–Kier alpha value is -2.42. The van der Waals surface area contributed by atoms with Crippen LogP contribution in [0.25, 0.3) is 0 Å². The standard InChI is InChI=1S/C21H26N2O5S/c1-3-17-5-4-6-19(13-17)28-15-21(24)22-18-8-7-16(2)20(14-18)29(25,26)23-9-11-27-12-10-23/h4-8,13-14H,3,9-12,15H2,1-2H3,(H,22,24). The molecule has 1 amide bonds. The summed E-state index contributed by atoms with van der Waals surface area (Å²) in [5.74, 6) is 0.268. The molecular formula is C21H26N2O5S. The topological polar surface area (TPSA) is 84.9 Å². The minimum Gasteiger partial charge on any atom is -0.484 e. The molecule has 0 saturated carbocycles. The lowest BCUT2D eigenvalue weighted by Crippen LogP contribution is -2.40. The lowest BCUT2D eigenvalue weighted by atomic mass is 10.2. The maximum atomic E-state index is 13.0. The van der Waals surface area contributed by atoms with Gasteiger partial charge in [0.15, 0.2) is 6.61 Å². The van der Waals surface area contributed by atoms with Crippen LogP contribution >= 0.6 is 0 Å². The Labute approximate surface area is 171 Å². The van der Waals surface area contributed by atoms with Gasteiger partial charge in [0, 0.05) is 18.8 Å². The molecule has 0 aromatic heterocycles. The van der Waals surface area contributed by atoms with Gasteiger partial charge in [-0.15, -0.1) is 0 Å². The zero-order valence-corrected chi connectivity index (χ0v) is 17.5. The highest BCUT2D eigenvalue weighted by molar-refractivity contribution is 7.89. The molecule has 7 nitrogen and oxygen atoms in total. The van der Waals surface area contributed by atoms with Gasteiger partial charge in [-0.1, -0.05) is 25.1 Å². The largest absolute Gasteiger partial charge is 0.484 e. The molecule has 2 aromatic carbocycles. The lowest BCUT2D eigenvalue weighted by Gasteiger charge is -2.26. The SMILES string of the molecule is CCc1cccc(OCC(=O)Nc2ccc(C)c(S(=O)(=O)N3CCOCC3)c2)c1. The Bertz CT molecular complexity index is 969. The van der Waals surface area contributed by atoms with Gasteiger partial charge in [-0.3, -0.25) is 4.79 Å². The summed E-state index contributed by atoms with van der Waals surface area (Å²) in [6, 6.07) is 12.4. The summed E-state index contributed by atoms with van der Waals surface area (Å²) in [6.45, 7) is 5.03. The van der Waals surface area contributed by atoms with Crippen molar-refractivity contribution in [3.8, 4) is 5.75 Å². The van der Waals surface area contributed by atoms with Gasteiger partial charge < -0.3 is 14.8 Å². The summed E-state index contributed by atoms with van der Waals surface area (Å²) in [6.07, 6.45) is 0.882. The predicted molar refractivity (Wildman–Crippen MR) is 111 cm³/mol. The number of aryl methyl sites for hydroxylation is 2. The smallest absolute Gasteiger partial charge is 0.262 e. The lowest BCUT2D eigenvalue weighted by molar-refractivity contribution is -0.118. The number of rotatable bonds is 7.